The summed E-state index contributed by atoms with van der Waals surface area (Å²) >= 11 is 5.28. The number of benzene rings is 3. The van der Waals surface area contributed by atoms with Gasteiger partial charge in [-0.2, -0.15) is 0 Å². The standard InChI is InChI=1S/C29H23N3O6S/c1-3-38-20-11-9-19(10-12-20)32-28(36)23(25(33)30-29(32)39)15-17-8-13-24(37-2)18(14-17)16-31-26(34)21-6-4-5-7-22(21)27(31)35/h4-15H,3,16H2,1-2H3,(H,30,33,39)/b23-15+. The maximum Gasteiger partial charge on any atom is 0.270 e. The second kappa shape index (κ2) is 10.5. The second-order valence-electron chi connectivity index (χ2n) is 8.70. The molecule has 2 heterocycles. The monoisotopic (exact) mass is 541 g/mol. The van der Waals surface area contributed by atoms with E-state index in [1.54, 1.807) is 66.7 Å². The van der Waals surface area contributed by atoms with Crippen molar-refractivity contribution in [3.63, 3.8) is 0 Å². The minimum absolute atomic E-state index is 0.0349. The van der Waals surface area contributed by atoms with Crippen LogP contribution in [0.15, 0.2) is 72.3 Å². The average molecular weight is 542 g/mol. The minimum Gasteiger partial charge on any atom is -0.496 e. The van der Waals surface area contributed by atoms with Crippen molar-refractivity contribution in [3.05, 3.63) is 94.6 Å². The normalized spacial score (nSPS) is 16.1. The van der Waals surface area contributed by atoms with E-state index in [4.69, 9.17) is 21.7 Å². The number of hydrogen-bond donors (Lipinski definition) is 1. The third-order valence-corrected chi connectivity index (χ3v) is 6.61. The van der Waals surface area contributed by atoms with Gasteiger partial charge in [0.1, 0.15) is 17.1 Å². The quantitative estimate of drug-likeness (QED) is 0.210. The van der Waals surface area contributed by atoms with Gasteiger partial charge in [-0.3, -0.25) is 34.3 Å². The summed E-state index contributed by atoms with van der Waals surface area (Å²) in [6.07, 6.45) is 1.44. The van der Waals surface area contributed by atoms with Crippen LogP contribution in [0, 0.1) is 0 Å². The molecule has 196 valence electrons. The molecule has 0 unspecified atom stereocenters. The first-order valence-corrected chi connectivity index (χ1v) is 12.5. The summed E-state index contributed by atoms with van der Waals surface area (Å²) < 4.78 is 10.9. The van der Waals surface area contributed by atoms with E-state index < -0.39 is 23.6 Å². The van der Waals surface area contributed by atoms with Crippen molar-refractivity contribution in [3.8, 4) is 11.5 Å². The van der Waals surface area contributed by atoms with Gasteiger partial charge in [0.15, 0.2) is 5.11 Å². The fourth-order valence-electron chi connectivity index (χ4n) is 4.48. The summed E-state index contributed by atoms with van der Waals surface area (Å²) in [6, 6.07) is 18.4. The predicted molar refractivity (Wildman–Crippen MR) is 147 cm³/mol. The lowest BCUT2D eigenvalue weighted by Crippen LogP contribution is -2.54. The number of imide groups is 1. The Bertz CT molecular complexity index is 1530. The molecule has 0 aromatic heterocycles. The molecule has 0 atom stereocenters. The van der Waals surface area contributed by atoms with Crippen LogP contribution in [0.3, 0.4) is 0 Å². The molecule has 3 aromatic rings. The number of amides is 4. The lowest BCUT2D eigenvalue weighted by atomic mass is 10.0. The van der Waals surface area contributed by atoms with Gasteiger partial charge in [-0.1, -0.05) is 18.2 Å². The van der Waals surface area contributed by atoms with E-state index in [1.165, 1.54) is 18.1 Å². The van der Waals surface area contributed by atoms with Crippen molar-refractivity contribution in [1.82, 2.24) is 10.2 Å². The van der Waals surface area contributed by atoms with Gasteiger partial charge >= 0.3 is 0 Å². The lowest BCUT2D eigenvalue weighted by Gasteiger charge is -2.29. The van der Waals surface area contributed by atoms with Crippen LogP contribution in [0.2, 0.25) is 0 Å². The Balaban J connectivity index is 1.45. The summed E-state index contributed by atoms with van der Waals surface area (Å²) in [4.78, 5) is 54.3. The van der Waals surface area contributed by atoms with E-state index in [2.05, 4.69) is 5.32 Å². The van der Waals surface area contributed by atoms with E-state index in [1.807, 2.05) is 6.92 Å². The fraction of sp³-hybridized carbons (Fsp3) is 0.138. The molecular weight excluding hydrogens is 518 g/mol. The van der Waals surface area contributed by atoms with Gasteiger partial charge in [-0.05, 0) is 79.3 Å². The van der Waals surface area contributed by atoms with Crippen molar-refractivity contribution >= 4 is 52.7 Å². The zero-order chi connectivity index (χ0) is 27.7. The summed E-state index contributed by atoms with van der Waals surface area (Å²) in [5, 5.41) is 2.53. The Morgan fingerprint density at radius 1 is 0.897 bits per heavy atom. The van der Waals surface area contributed by atoms with Gasteiger partial charge < -0.3 is 9.47 Å². The molecule has 3 aromatic carbocycles. The number of rotatable bonds is 7. The highest BCUT2D eigenvalue weighted by molar-refractivity contribution is 7.80. The lowest BCUT2D eigenvalue weighted by molar-refractivity contribution is -0.122. The predicted octanol–water partition coefficient (Wildman–Crippen LogP) is 3.72. The number of carbonyl (C=O) groups is 4. The number of ether oxygens (including phenoxy) is 2. The minimum atomic E-state index is -0.634. The van der Waals surface area contributed by atoms with E-state index in [0.29, 0.717) is 46.0 Å². The maximum atomic E-state index is 13.4. The van der Waals surface area contributed by atoms with Crippen LogP contribution in [-0.2, 0) is 16.1 Å². The van der Waals surface area contributed by atoms with Crippen molar-refractivity contribution < 1.29 is 28.7 Å². The van der Waals surface area contributed by atoms with Crippen LogP contribution >= 0.6 is 12.2 Å². The molecule has 9 nitrogen and oxygen atoms in total. The van der Waals surface area contributed by atoms with Crippen molar-refractivity contribution in [2.45, 2.75) is 13.5 Å². The molecule has 2 aliphatic rings. The SMILES string of the molecule is CCOc1ccc(N2C(=O)/C(=C/c3ccc(OC)c(CN4C(=O)c5ccccc5C4=O)c3)C(=O)NC2=S)cc1. The number of nitrogens with one attached hydrogen (secondary N) is 1. The highest BCUT2D eigenvalue weighted by atomic mass is 32.1. The number of nitrogens with zero attached hydrogens (tertiary/aromatic N) is 2. The van der Waals surface area contributed by atoms with Gasteiger partial charge in [0.2, 0.25) is 0 Å². The first-order valence-electron chi connectivity index (χ1n) is 12.1. The molecule has 0 bridgehead atoms. The van der Waals surface area contributed by atoms with Crippen LogP contribution < -0.4 is 19.7 Å². The zero-order valence-corrected chi connectivity index (χ0v) is 21.9. The molecule has 0 spiro atoms. The Kier molecular flexibility index (Phi) is 6.95. The number of hydrogen-bond acceptors (Lipinski definition) is 7. The van der Waals surface area contributed by atoms with E-state index in [0.717, 1.165) is 4.90 Å². The Hall–Kier alpha value is -4.83. The van der Waals surface area contributed by atoms with Crippen LogP contribution in [0.5, 0.6) is 11.5 Å². The first-order chi connectivity index (χ1) is 18.8. The molecule has 0 radical (unpaired) electrons. The number of thiocarbonyl (C=S) groups is 1. The topological polar surface area (TPSA) is 105 Å². The molecule has 10 heteroatoms. The molecule has 5 rings (SSSR count). The van der Waals surface area contributed by atoms with Crippen LogP contribution in [0.25, 0.3) is 6.08 Å². The number of carbonyl (C=O) groups excluding carboxylic acids is 4. The zero-order valence-electron chi connectivity index (χ0n) is 21.1. The van der Waals surface area contributed by atoms with Gasteiger partial charge in [-0.25, -0.2) is 0 Å². The van der Waals surface area contributed by atoms with E-state index in [9.17, 15) is 19.2 Å². The first kappa shape index (κ1) is 25.8. The summed E-state index contributed by atoms with van der Waals surface area (Å²) in [5.74, 6) is -0.938. The molecule has 1 saturated heterocycles. The summed E-state index contributed by atoms with van der Waals surface area (Å²) in [6.45, 7) is 2.32. The highest BCUT2D eigenvalue weighted by Gasteiger charge is 2.36. The number of fused-ring (bicyclic) bond motifs is 1. The second-order valence-corrected chi connectivity index (χ2v) is 9.08. The fourth-order valence-corrected chi connectivity index (χ4v) is 4.76. The molecule has 1 fully saturated rings. The van der Waals surface area contributed by atoms with Gasteiger partial charge in [0.25, 0.3) is 23.6 Å². The molecule has 39 heavy (non-hydrogen) atoms. The third kappa shape index (κ3) is 4.77. The molecule has 2 aliphatic heterocycles. The van der Waals surface area contributed by atoms with Gasteiger partial charge in [0.05, 0.1) is 37.1 Å². The maximum absolute atomic E-state index is 13.4. The van der Waals surface area contributed by atoms with Crippen LogP contribution in [0.4, 0.5) is 5.69 Å². The average Bonchev–Trinajstić information content (AvgIpc) is 3.17. The van der Waals surface area contributed by atoms with Crippen LogP contribution in [0.1, 0.15) is 38.8 Å². The highest BCUT2D eigenvalue weighted by Crippen LogP contribution is 2.29. The van der Waals surface area contributed by atoms with Gasteiger partial charge in [0, 0.05) is 5.56 Å². The van der Waals surface area contributed by atoms with E-state index >= 15 is 0 Å². The van der Waals surface area contributed by atoms with Crippen molar-refractivity contribution in [2.24, 2.45) is 0 Å². The third-order valence-electron chi connectivity index (χ3n) is 6.33. The van der Waals surface area contributed by atoms with Crippen LogP contribution in [-0.4, -0.2) is 47.4 Å². The number of anilines is 1. The van der Waals surface area contributed by atoms with Crippen molar-refractivity contribution in [2.75, 3.05) is 18.6 Å². The Labute approximate surface area is 229 Å². The Morgan fingerprint density at radius 2 is 1.56 bits per heavy atom. The smallest absolute Gasteiger partial charge is 0.270 e. The van der Waals surface area contributed by atoms with Crippen molar-refractivity contribution in [1.29, 1.82) is 0 Å². The Morgan fingerprint density at radius 3 is 2.18 bits per heavy atom. The molecular formula is C29H23N3O6S. The summed E-state index contributed by atoms with van der Waals surface area (Å²) in [5.41, 5.74) is 2.06. The summed E-state index contributed by atoms with van der Waals surface area (Å²) in [7, 11) is 1.48. The molecule has 0 saturated carbocycles. The molecule has 4 amide bonds. The van der Waals surface area contributed by atoms with E-state index in [-0.39, 0.29) is 17.2 Å². The van der Waals surface area contributed by atoms with Gasteiger partial charge in [-0.15, -0.1) is 0 Å². The number of methoxy groups -OCH3 is 1. The molecule has 1 N–H and O–H groups in total. The molecule has 0 aliphatic carbocycles. The largest absolute Gasteiger partial charge is 0.496 e.